The van der Waals surface area contributed by atoms with Gasteiger partial charge < -0.3 is 20.3 Å². The third kappa shape index (κ3) is 7.33. The fourth-order valence-electron chi connectivity index (χ4n) is 1.76. The molecule has 0 aliphatic rings. The average molecular weight is 289 g/mol. The number of rotatable bonds is 5. The van der Waals surface area contributed by atoms with Crippen LogP contribution in [0.4, 0.5) is 4.79 Å². The monoisotopic (exact) mass is 289 g/mol. The zero-order valence-electron chi connectivity index (χ0n) is 13.2. The van der Waals surface area contributed by atoms with Crippen molar-refractivity contribution in [3.05, 3.63) is 0 Å². The topological polar surface area (TPSA) is 95.9 Å². The van der Waals surface area contributed by atoms with E-state index in [0.29, 0.717) is 0 Å². The summed E-state index contributed by atoms with van der Waals surface area (Å²) in [6.07, 6.45) is -0.510. The molecule has 0 radical (unpaired) electrons. The number of ether oxygens (including phenoxy) is 1. The first kappa shape index (κ1) is 18.7. The van der Waals surface area contributed by atoms with E-state index in [4.69, 9.17) is 4.74 Å². The standard InChI is InChI=1S/C14H27NO5/c1-13(2,3)10(11(17)18)7-9(8-16)15-12(19)20-14(4,5)6/h9-10,16H,7-8H2,1-6H3,(H,15,19)(H,17,18)/t9-,10?/m1/s1. The van der Waals surface area contributed by atoms with Gasteiger partial charge in [-0.05, 0) is 32.6 Å². The lowest BCUT2D eigenvalue weighted by molar-refractivity contribution is -0.146. The van der Waals surface area contributed by atoms with E-state index in [9.17, 15) is 19.8 Å². The number of carbonyl (C=O) groups excluding carboxylic acids is 1. The van der Waals surface area contributed by atoms with Crippen molar-refractivity contribution in [2.75, 3.05) is 6.61 Å². The van der Waals surface area contributed by atoms with Gasteiger partial charge in [0.25, 0.3) is 0 Å². The third-order valence-corrected chi connectivity index (χ3v) is 2.80. The van der Waals surface area contributed by atoms with E-state index in [1.165, 1.54) is 0 Å². The molecule has 6 nitrogen and oxygen atoms in total. The molecule has 0 aliphatic carbocycles. The zero-order valence-corrected chi connectivity index (χ0v) is 13.2. The zero-order chi connectivity index (χ0) is 16.1. The number of carboxylic acids is 1. The highest BCUT2D eigenvalue weighted by Gasteiger charge is 2.34. The highest BCUT2D eigenvalue weighted by atomic mass is 16.6. The minimum atomic E-state index is -0.943. The van der Waals surface area contributed by atoms with Gasteiger partial charge in [-0.1, -0.05) is 20.8 Å². The molecule has 20 heavy (non-hydrogen) atoms. The van der Waals surface area contributed by atoms with Crippen LogP contribution in [0.1, 0.15) is 48.0 Å². The van der Waals surface area contributed by atoms with Crippen molar-refractivity contribution >= 4 is 12.1 Å². The van der Waals surface area contributed by atoms with Crippen LogP contribution < -0.4 is 5.32 Å². The van der Waals surface area contributed by atoms with Crippen molar-refractivity contribution in [2.24, 2.45) is 11.3 Å². The van der Waals surface area contributed by atoms with Gasteiger partial charge in [0.1, 0.15) is 5.60 Å². The largest absolute Gasteiger partial charge is 0.481 e. The van der Waals surface area contributed by atoms with Crippen molar-refractivity contribution < 1.29 is 24.5 Å². The fourth-order valence-corrected chi connectivity index (χ4v) is 1.76. The number of aliphatic carboxylic acids is 1. The summed E-state index contributed by atoms with van der Waals surface area (Å²) in [7, 11) is 0. The van der Waals surface area contributed by atoms with E-state index in [0.717, 1.165) is 0 Å². The molecule has 2 atom stereocenters. The number of aliphatic hydroxyl groups is 1. The Morgan fingerprint density at radius 3 is 1.95 bits per heavy atom. The molecule has 0 fully saturated rings. The molecule has 0 aromatic rings. The van der Waals surface area contributed by atoms with Gasteiger partial charge in [0.2, 0.25) is 0 Å². The number of alkyl carbamates (subject to hydrolysis) is 1. The highest BCUT2D eigenvalue weighted by Crippen LogP contribution is 2.30. The SMILES string of the molecule is CC(C)(C)OC(=O)N[C@@H](CO)CC(C(=O)O)C(C)(C)C. The predicted octanol–water partition coefficient (Wildman–Crippen LogP) is 2.01. The quantitative estimate of drug-likeness (QED) is 0.719. The fraction of sp³-hybridized carbons (Fsp3) is 0.857. The molecule has 3 N–H and O–H groups in total. The van der Waals surface area contributed by atoms with Gasteiger partial charge in [0, 0.05) is 0 Å². The molecule has 0 aromatic heterocycles. The highest BCUT2D eigenvalue weighted by molar-refractivity contribution is 5.71. The maximum Gasteiger partial charge on any atom is 0.407 e. The van der Waals surface area contributed by atoms with Gasteiger partial charge in [0.15, 0.2) is 0 Å². The smallest absolute Gasteiger partial charge is 0.407 e. The normalized spacial score (nSPS) is 15.3. The molecule has 0 bridgehead atoms. The number of hydrogen-bond acceptors (Lipinski definition) is 4. The van der Waals surface area contributed by atoms with Crippen molar-refractivity contribution in [1.29, 1.82) is 0 Å². The van der Waals surface area contributed by atoms with Gasteiger partial charge >= 0.3 is 12.1 Å². The molecule has 0 aliphatic heterocycles. The van der Waals surface area contributed by atoms with Crippen LogP contribution in [0.5, 0.6) is 0 Å². The first-order valence-corrected chi connectivity index (χ1v) is 6.70. The Labute approximate surface area is 120 Å². The average Bonchev–Trinajstić information content (AvgIpc) is 2.18. The summed E-state index contributed by atoms with van der Waals surface area (Å²) >= 11 is 0. The molecule has 0 saturated carbocycles. The van der Waals surface area contributed by atoms with E-state index in [-0.39, 0.29) is 13.0 Å². The van der Waals surface area contributed by atoms with Gasteiger partial charge in [-0.25, -0.2) is 4.79 Å². The summed E-state index contributed by atoms with van der Waals surface area (Å²) in [5.41, 5.74) is -1.10. The van der Waals surface area contributed by atoms with Crippen LogP contribution in [0.25, 0.3) is 0 Å². The summed E-state index contributed by atoms with van der Waals surface area (Å²) in [4.78, 5) is 22.9. The Morgan fingerprint density at radius 2 is 1.65 bits per heavy atom. The first-order valence-electron chi connectivity index (χ1n) is 6.70. The molecular formula is C14H27NO5. The number of amides is 1. The number of carbonyl (C=O) groups is 2. The second-order valence-electron chi connectivity index (χ2n) is 7.02. The summed E-state index contributed by atoms with van der Waals surface area (Å²) in [5, 5.41) is 21.1. The number of aliphatic hydroxyl groups excluding tert-OH is 1. The van der Waals surface area contributed by atoms with Gasteiger partial charge in [0.05, 0.1) is 18.6 Å². The second-order valence-corrected chi connectivity index (χ2v) is 7.02. The van der Waals surface area contributed by atoms with Gasteiger partial charge in [-0.15, -0.1) is 0 Å². The minimum absolute atomic E-state index is 0.147. The molecule has 0 aromatic carbocycles. The van der Waals surface area contributed by atoms with Crippen LogP contribution in [0.15, 0.2) is 0 Å². The molecular weight excluding hydrogens is 262 g/mol. The molecule has 118 valence electrons. The maximum atomic E-state index is 11.6. The molecule has 1 amide bonds. The van der Waals surface area contributed by atoms with Crippen LogP contribution in [0.3, 0.4) is 0 Å². The Kier molecular flexibility index (Phi) is 6.47. The Hall–Kier alpha value is -1.30. The van der Waals surface area contributed by atoms with Crippen molar-refractivity contribution in [2.45, 2.75) is 59.6 Å². The number of carboxylic acid groups (broad SMARTS) is 1. The van der Waals surface area contributed by atoms with Crippen LogP contribution in [-0.2, 0) is 9.53 Å². The lowest BCUT2D eigenvalue weighted by atomic mass is 9.77. The van der Waals surface area contributed by atoms with Crippen LogP contribution in [-0.4, -0.2) is 40.5 Å². The number of nitrogens with one attached hydrogen (secondary N) is 1. The molecule has 1 unspecified atom stereocenters. The van der Waals surface area contributed by atoms with E-state index in [1.807, 2.05) is 20.8 Å². The Bertz CT molecular complexity index is 340. The van der Waals surface area contributed by atoms with E-state index >= 15 is 0 Å². The maximum absolute atomic E-state index is 11.6. The van der Waals surface area contributed by atoms with E-state index in [1.54, 1.807) is 20.8 Å². The first-order chi connectivity index (χ1) is 8.86. The van der Waals surface area contributed by atoms with Gasteiger partial charge in [-0.3, -0.25) is 4.79 Å². The predicted molar refractivity (Wildman–Crippen MR) is 75.4 cm³/mol. The summed E-state index contributed by atoms with van der Waals surface area (Å²) in [5.74, 6) is -1.61. The second kappa shape index (κ2) is 6.92. The molecule has 0 heterocycles. The summed E-state index contributed by atoms with van der Waals surface area (Å²) in [6.45, 7) is 10.3. The van der Waals surface area contributed by atoms with Crippen molar-refractivity contribution in [3.8, 4) is 0 Å². The van der Waals surface area contributed by atoms with Crippen molar-refractivity contribution in [3.63, 3.8) is 0 Å². The minimum Gasteiger partial charge on any atom is -0.481 e. The third-order valence-electron chi connectivity index (χ3n) is 2.80. The van der Waals surface area contributed by atoms with Crippen LogP contribution in [0, 0.1) is 11.3 Å². The summed E-state index contributed by atoms with van der Waals surface area (Å²) < 4.78 is 5.09. The van der Waals surface area contributed by atoms with E-state index < -0.39 is 35.0 Å². The Balaban J connectivity index is 4.69. The molecule has 0 saturated heterocycles. The van der Waals surface area contributed by atoms with Gasteiger partial charge in [-0.2, -0.15) is 0 Å². The molecule has 6 heteroatoms. The lowest BCUT2D eigenvalue weighted by Crippen LogP contribution is -2.44. The Morgan fingerprint density at radius 1 is 1.15 bits per heavy atom. The van der Waals surface area contributed by atoms with E-state index in [2.05, 4.69) is 5.32 Å². The molecule has 0 spiro atoms. The van der Waals surface area contributed by atoms with Crippen molar-refractivity contribution in [1.82, 2.24) is 5.32 Å². The lowest BCUT2D eigenvalue weighted by Gasteiger charge is -2.30. The summed E-state index contributed by atoms with van der Waals surface area (Å²) in [6, 6.07) is -0.648. The van der Waals surface area contributed by atoms with Crippen LogP contribution >= 0.6 is 0 Å². The van der Waals surface area contributed by atoms with Crippen LogP contribution in [0.2, 0.25) is 0 Å². The number of hydrogen-bond donors (Lipinski definition) is 3. The molecule has 0 rings (SSSR count).